The number of hydrogen-bond acceptors (Lipinski definition) is 3. The van der Waals surface area contributed by atoms with Crippen molar-refractivity contribution in [1.29, 1.82) is 0 Å². The maximum Gasteiger partial charge on any atom is 0.165 e. The molecular formula is C13H14BrN3OS. The van der Waals surface area contributed by atoms with Crippen LogP contribution < -0.4 is 10.5 Å². The van der Waals surface area contributed by atoms with Crippen LogP contribution in [-0.4, -0.2) is 14.8 Å². The zero-order valence-electron chi connectivity index (χ0n) is 10.6. The molecule has 2 N–H and O–H groups in total. The van der Waals surface area contributed by atoms with Crippen LogP contribution in [-0.2, 0) is 0 Å². The number of benzene rings is 1. The molecule has 0 aliphatic heterocycles. The maximum atomic E-state index is 5.80. The zero-order chi connectivity index (χ0) is 14.0. The van der Waals surface area contributed by atoms with Crippen LogP contribution in [0.15, 0.2) is 35.1 Å². The summed E-state index contributed by atoms with van der Waals surface area (Å²) < 4.78 is 8.53. The van der Waals surface area contributed by atoms with Gasteiger partial charge in [-0.1, -0.05) is 28.1 Å². The molecule has 1 aromatic carbocycles. The van der Waals surface area contributed by atoms with E-state index in [2.05, 4.69) is 34.9 Å². The van der Waals surface area contributed by atoms with Crippen LogP contribution in [0.4, 0.5) is 0 Å². The Hall–Kier alpha value is -1.40. The number of thiocarbonyl (C=S) groups is 1. The van der Waals surface area contributed by atoms with Crippen LogP contribution >= 0.6 is 28.1 Å². The van der Waals surface area contributed by atoms with Gasteiger partial charge in [0.15, 0.2) is 5.75 Å². The molecule has 19 heavy (non-hydrogen) atoms. The van der Waals surface area contributed by atoms with E-state index >= 15 is 0 Å². The smallest absolute Gasteiger partial charge is 0.165 e. The molecule has 1 heterocycles. The average molecular weight is 340 g/mol. The lowest BCUT2D eigenvalue weighted by molar-refractivity contribution is 0.476. The highest BCUT2D eigenvalue weighted by Gasteiger charge is 2.10. The second-order valence-electron chi connectivity index (χ2n) is 4.36. The van der Waals surface area contributed by atoms with E-state index in [0.29, 0.717) is 22.1 Å². The summed E-state index contributed by atoms with van der Waals surface area (Å²) in [6, 6.07) is 5.82. The predicted octanol–water partition coefficient (Wildman–Crippen LogP) is 3.65. The Morgan fingerprint density at radius 3 is 2.79 bits per heavy atom. The molecular weight excluding hydrogens is 326 g/mol. The molecule has 0 aliphatic rings. The summed E-state index contributed by atoms with van der Waals surface area (Å²) in [5.74, 6) is 1.27. The van der Waals surface area contributed by atoms with Crippen LogP contribution in [0.3, 0.4) is 0 Å². The van der Waals surface area contributed by atoms with Crippen molar-refractivity contribution in [3.05, 3.63) is 40.6 Å². The minimum atomic E-state index is 0.287. The Labute approximate surface area is 125 Å². The van der Waals surface area contributed by atoms with Gasteiger partial charge in [-0.25, -0.2) is 0 Å². The van der Waals surface area contributed by atoms with Crippen LogP contribution in [0.1, 0.15) is 25.5 Å². The quantitative estimate of drug-likeness (QED) is 0.863. The first-order chi connectivity index (χ1) is 8.97. The standard InChI is InChI=1S/C13H14BrN3OS/c1-8(2)17-7-10(6-16-17)18-12-5-9(14)3-4-11(12)13(15)19/h3-8H,1-2H3,(H2,15,19). The highest BCUT2D eigenvalue weighted by atomic mass is 79.9. The summed E-state index contributed by atoms with van der Waals surface area (Å²) in [4.78, 5) is 0.304. The maximum absolute atomic E-state index is 5.80. The lowest BCUT2D eigenvalue weighted by Gasteiger charge is -2.09. The van der Waals surface area contributed by atoms with Crippen molar-refractivity contribution in [3.63, 3.8) is 0 Å². The minimum Gasteiger partial charge on any atom is -0.453 e. The average Bonchev–Trinajstić information content (AvgIpc) is 2.77. The number of hydrogen-bond donors (Lipinski definition) is 1. The van der Waals surface area contributed by atoms with Crippen molar-refractivity contribution in [2.45, 2.75) is 19.9 Å². The van der Waals surface area contributed by atoms with Gasteiger partial charge in [-0.3, -0.25) is 4.68 Å². The van der Waals surface area contributed by atoms with Crippen molar-refractivity contribution in [3.8, 4) is 11.5 Å². The molecule has 0 spiro atoms. The van der Waals surface area contributed by atoms with Gasteiger partial charge >= 0.3 is 0 Å². The predicted molar refractivity (Wildman–Crippen MR) is 82.7 cm³/mol. The van der Waals surface area contributed by atoms with Crippen LogP contribution in [0.5, 0.6) is 11.5 Å². The Bertz CT molecular complexity index is 610. The second-order valence-corrected chi connectivity index (χ2v) is 5.71. The van der Waals surface area contributed by atoms with E-state index in [1.807, 2.05) is 29.1 Å². The molecule has 0 unspecified atom stereocenters. The molecule has 6 heteroatoms. The topological polar surface area (TPSA) is 53.1 Å². The molecule has 0 bridgehead atoms. The van der Waals surface area contributed by atoms with E-state index in [1.165, 1.54) is 0 Å². The first kappa shape index (κ1) is 14.0. The van der Waals surface area contributed by atoms with Gasteiger partial charge in [0.1, 0.15) is 10.7 Å². The molecule has 0 atom stereocenters. The van der Waals surface area contributed by atoms with E-state index in [9.17, 15) is 0 Å². The normalized spacial score (nSPS) is 10.7. The van der Waals surface area contributed by atoms with Gasteiger partial charge in [-0.05, 0) is 32.0 Å². The molecule has 4 nitrogen and oxygen atoms in total. The summed E-state index contributed by atoms with van der Waals surface area (Å²) >= 11 is 8.42. The highest BCUT2D eigenvalue weighted by molar-refractivity contribution is 9.10. The van der Waals surface area contributed by atoms with Crippen molar-refractivity contribution in [2.75, 3.05) is 0 Å². The van der Waals surface area contributed by atoms with Gasteiger partial charge in [-0.15, -0.1) is 0 Å². The summed E-state index contributed by atoms with van der Waals surface area (Å²) in [5.41, 5.74) is 6.39. The van der Waals surface area contributed by atoms with E-state index in [0.717, 1.165) is 4.47 Å². The van der Waals surface area contributed by atoms with Gasteiger partial charge in [-0.2, -0.15) is 5.10 Å². The van der Waals surface area contributed by atoms with Gasteiger partial charge in [0.25, 0.3) is 0 Å². The summed E-state index contributed by atoms with van der Waals surface area (Å²) in [6.45, 7) is 4.10. The van der Waals surface area contributed by atoms with Crippen LogP contribution in [0.25, 0.3) is 0 Å². The highest BCUT2D eigenvalue weighted by Crippen LogP contribution is 2.28. The Morgan fingerprint density at radius 1 is 1.47 bits per heavy atom. The summed E-state index contributed by atoms with van der Waals surface area (Å²) in [6.07, 6.45) is 3.51. The van der Waals surface area contributed by atoms with Crippen LogP contribution in [0.2, 0.25) is 0 Å². The van der Waals surface area contributed by atoms with Gasteiger partial charge < -0.3 is 10.5 Å². The first-order valence-electron chi connectivity index (χ1n) is 5.78. The Morgan fingerprint density at radius 2 is 2.21 bits per heavy atom. The molecule has 0 saturated carbocycles. The second kappa shape index (κ2) is 5.71. The first-order valence-corrected chi connectivity index (χ1v) is 6.99. The summed E-state index contributed by atoms with van der Waals surface area (Å²) in [7, 11) is 0. The Kier molecular flexibility index (Phi) is 4.21. The minimum absolute atomic E-state index is 0.287. The molecule has 2 aromatic rings. The largest absolute Gasteiger partial charge is 0.453 e. The van der Waals surface area contributed by atoms with Crippen molar-refractivity contribution in [2.24, 2.45) is 5.73 Å². The van der Waals surface area contributed by atoms with Crippen LogP contribution in [0, 0.1) is 0 Å². The summed E-state index contributed by atoms with van der Waals surface area (Å²) in [5, 5.41) is 4.22. The third kappa shape index (κ3) is 3.33. The zero-order valence-corrected chi connectivity index (χ0v) is 13.0. The fourth-order valence-corrected chi connectivity index (χ4v) is 2.08. The van der Waals surface area contributed by atoms with Gasteiger partial charge in [0.2, 0.25) is 0 Å². The van der Waals surface area contributed by atoms with E-state index in [1.54, 1.807) is 6.20 Å². The van der Waals surface area contributed by atoms with Crippen molar-refractivity contribution < 1.29 is 4.74 Å². The van der Waals surface area contributed by atoms with E-state index < -0.39 is 0 Å². The van der Waals surface area contributed by atoms with E-state index in [-0.39, 0.29) is 6.04 Å². The van der Waals surface area contributed by atoms with Crippen molar-refractivity contribution in [1.82, 2.24) is 9.78 Å². The number of nitrogens with zero attached hydrogens (tertiary/aromatic N) is 2. The molecule has 0 fully saturated rings. The molecule has 2 rings (SSSR count). The molecule has 0 aliphatic carbocycles. The molecule has 100 valence electrons. The van der Waals surface area contributed by atoms with E-state index in [4.69, 9.17) is 22.7 Å². The lowest BCUT2D eigenvalue weighted by Crippen LogP contribution is -2.10. The molecule has 0 amide bonds. The number of halogens is 1. The fraction of sp³-hybridized carbons (Fsp3) is 0.231. The third-order valence-corrected chi connectivity index (χ3v) is 3.26. The Balaban J connectivity index is 2.31. The van der Waals surface area contributed by atoms with Gasteiger partial charge in [0.05, 0.1) is 18.0 Å². The van der Waals surface area contributed by atoms with Gasteiger partial charge in [0, 0.05) is 10.5 Å². The number of aromatic nitrogens is 2. The number of nitrogens with two attached hydrogens (primary N) is 1. The van der Waals surface area contributed by atoms with Crippen molar-refractivity contribution >= 4 is 33.1 Å². The monoisotopic (exact) mass is 339 g/mol. The molecule has 0 saturated heterocycles. The SMILES string of the molecule is CC(C)n1cc(Oc2cc(Br)ccc2C(N)=S)cn1. The molecule has 0 radical (unpaired) electrons. The number of rotatable bonds is 4. The fourth-order valence-electron chi connectivity index (χ4n) is 1.57. The molecule has 1 aromatic heterocycles. The third-order valence-electron chi connectivity index (χ3n) is 2.54. The lowest BCUT2D eigenvalue weighted by atomic mass is 10.2. The number of ether oxygens (including phenoxy) is 1.